The van der Waals surface area contributed by atoms with E-state index in [2.05, 4.69) is 15.0 Å². The average Bonchev–Trinajstić information content (AvgIpc) is 2.29. The van der Waals surface area contributed by atoms with Crippen LogP contribution in [0.15, 0.2) is 30.6 Å². The van der Waals surface area contributed by atoms with Crippen molar-refractivity contribution in [2.75, 3.05) is 19.5 Å². The van der Waals surface area contributed by atoms with Gasteiger partial charge in [-0.05, 0) is 6.07 Å². The summed E-state index contributed by atoms with van der Waals surface area (Å²) in [6, 6.07) is 3.50. The number of anilines is 1. The van der Waals surface area contributed by atoms with Crippen molar-refractivity contribution in [2.24, 2.45) is 0 Å². The molecule has 0 aliphatic rings. The summed E-state index contributed by atoms with van der Waals surface area (Å²) in [5, 5.41) is 2.86. The summed E-state index contributed by atoms with van der Waals surface area (Å²) in [7, 11) is 2.87. The van der Waals surface area contributed by atoms with Crippen molar-refractivity contribution in [2.45, 2.75) is 0 Å². The van der Waals surface area contributed by atoms with Crippen molar-refractivity contribution in [3.8, 4) is 5.88 Å². The number of hydrogen-bond acceptors (Lipinski definition) is 5. The van der Waals surface area contributed by atoms with Crippen LogP contribution in [0.2, 0.25) is 0 Å². The van der Waals surface area contributed by atoms with Crippen LogP contribution in [-0.2, 0) is 9.53 Å². The topological polar surface area (TPSA) is 60.5 Å². The minimum absolute atomic E-state index is 0.413. The van der Waals surface area contributed by atoms with Crippen molar-refractivity contribution >= 4 is 11.7 Å². The molecule has 1 aromatic rings. The highest BCUT2D eigenvalue weighted by Gasteiger charge is 1.93. The summed E-state index contributed by atoms with van der Waals surface area (Å²) in [5.41, 5.74) is 0.760. The molecule has 1 aromatic heterocycles. The van der Waals surface area contributed by atoms with Gasteiger partial charge in [-0.3, -0.25) is 0 Å². The monoisotopic (exact) mass is 208 g/mol. The van der Waals surface area contributed by atoms with E-state index in [1.165, 1.54) is 19.4 Å². The zero-order valence-electron chi connectivity index (χ0n) is 8.56. The van der Waals surface area contributed by atoms with Gasteiger partial charge >= 0.3 is 5.97 Å². The Bertz CT molecular complexity index is 346. The molecule has 0 atom stereocenters. The summed E-state index contributed by atoms with van der Waals surface area (Å²) in [4.78, 5) is 14.7. The normalized spacial score (nSPS) is 10.0. The zero-order chi connectivity index (χ0) is 11.1. The van der Waals surface area contributed by atoms with Gasteiger partial charge in [-0.25, -0.2) is 9.78 Å². The lowest BCUT2D eigenvalue weighted by atomic mass is 10.4. The van der Waals surface area contributed by atoms with Gasteiger partial charge in [0, 0.05) is 18.3 Å². The molecule has 0 amide bonds. The molecule has 5 heteroatoms. The van der Waals surface area contributed by atoms with Crippen molar-refractivity contribution in [3.63, 3.8) is 0 Å². The van der Waals surface area contributed by atoms with Crippen molar-refractivity contribution in [1.82, 2.24) is 4.98 Å². The quantitative estimate of drug-likeness (QED) is 0.595. The van der Waals surface area contributed by atoms with Gasteiger partial charge in [0.1, 0.15) is 0 Å². The first kappa shape index (κ1) is 11.0. The number of ether oxygens (including phenoxy) is 2. The highest BCUT2D eigenvalue weighted by atomic mass is 16.5. The molecule has 1 rings (SSSR count). The lowest BCUT2D eigenvalue weighted by Crippen LogP contribution is -1.96. The van der Waals surface area contributed by atoms with E-state index < -0.39 is 5.97 Å². The number of esters is 1. The van der Waals surface area contributed by atoms with Crippen LogP contribution < -0.4 is 10.1 Å². The predicted molar refractivity (Wildman–Crippen MR) is 55.6 cm³/mol. The van der Waals surface area contributed by atoms with Crippen LogP contribution in [0.1, 0.15) is 0 Å². The van der Waals surface area contributed by atoms with E-state index in [-0.39, 0.29) is 0 Å². The Morgan fingerprint density at radius 3 is 2.80 bits per heavy atom. The lowest BCUT2D eigenvalue weighted by Gasteiger charge is -2.01. The van der Waals surface area contributed by atoms with Crippen LogP contribution in [-0.4, -0.2) is 25.2 Å². The van der Waals surface area contributed by atoms with Gasteiger partial charge in [0.25, 0.3) is 0 Å². The Balaban J connectivity index is 2.51. The Morgan fingerprint density at radius 1 is 1.47 bits per heavy atom. The summed E-state index contributed by atoms with van der Waals surface area (Å²) >= 11 is 0. The molecule has 0 spiro atoms. The fourth-order valence-corrected chi connectivity index (χ4v) is 0.860. The molecular formula is C10H12N2O3. The van der Waals surface area contributed by atoms with Crippen LogP contribution in [0.4, 0.5) is 5.69 Å². The Labute approximate surface area is 87.7 Å². The third-order valence-electron chi connectivity index (χ3n) is 1.62. The molecule has 0 saturated heterocycles. The largest absolute Gasteiger partial charge is 0.481 e. The molecule has 80 valence electrons. The maximum absolute atomic E-state index is 10.7. The molecule has 0 radical (unpaired) electrons. The SMILES string of the molecule is COC(=O)C=CNc1ccc(OC)nc1. The van der Waals surface area contributed by atoms with E-state index in [4.69, 9.17) is 4.74 Å². The molecule has 1 N–H and O–H groups in total. The smallest absolute Gasteiger partial charge is 0.331 e. The molecule has 0 fully saturated rings. The fourth-order valence-electron chi connectivity index (χ4n) is 0.860. The highest BCUT2D eigenvalue weighted by Crippen LogP contribution is 2.10. The predicted octanol–water partition coefficient (Wildman–Crippen LogP) is 1.19. The van der Waals surface area contributed by atoms with Crippen LogP contribution in [0.5, 0.6) is 5.88 Å². The van der Waals surface area contributed by atoms with E-state index in [1.54, 1.807) is 25.4 Å². The van der Waals surface area contributed by atoms with E-state index in [9.17, 15) is 4.79 Å². The van der Waals surface area contributed by atoms with Gasteiger partial charge in [0.2, 0.25) is 5.88 Å². The lowest BCUT2D eigenvalue weighted by molar-refractivity contribution is -0.134. The molecule has 0 aliphatic carbocycles. The minimum atomic E-state index is -0.413. The Hall–Kier alpha value is -2.04. The van der Waals surface area contributed by atoms with Crippen LogP contribution in [0.25, 0.3) is 0 Å². The van der Waals surface area contributed by atoms with Crippen LogP contribution in [0, 0.1) is 0 Å². The molecule has 1 heterocycles. The van der Waals surface area contributed by atoms with Crippen molar-refractivity contribution < 1.29 is 14.3 Å². The van der Waals surface area contributed by atoms with Crippen molar-refractivity contribution in [1.29, 1.82) is 0 Å². The summed E-state index contributed by atoms with van der Waals surface area (Å²) in [5.74, 6) is 0.126. The highest BCUT2D eigenvalue weighted by molar-refractivity contribution is 5.82. The van der Waals surface area contributed by atoms with E-state index in [0.717, 1.165) is 5.69 Å². The van der Waals surface area contributed by atoms with E-state index in [0.29, 0.717) is 5.88 Å². The summed E-state index contributed by atoms with van der Waals surface area (Å²) < 4.78 is 9.32. The Kier molecular flexibility index (Phi) is 4.15. The van der Waals surface area contributed by atoms with Gasteiger partial charge in [-0.2, -0.15) is 0 Å². The number of carbonyl (C=O) groups excluding carboxylic acids is 1. The van der Waals surface area contributed by atoms with E-state index >= 15 is 0 Å². The second kappa shape index (κ2) is 5.64. The van der Waals surface area contributed by atoms with Crippen LogP contribution >= 0.6 is 0 Å². The molecule has 0 aliphatic heterocycles. The molecule has 0 bridgehead atoms. The van der Waals surface area contributed by atoms with Gasteiger partial charge in [-0.1, -0.05) is 0 Å². The molecule has 15 heavy (non-hydrogen) atoms. The van der Waals surface area contributed by atoms with E-state index in [1.807, 2.05) is 0 Å². The molecule has 0 saturated carbocycles. The number of hydrogen-bond donors (Lipinski definition) is 1. The van der Waals surface area contributed by atoms with Crippen molar-refractivity contribution in [3.05, 3.63) is 30.6 Å². The third-order valence-corrected chi connectivity index (χ3v) is 1.62. The first-order valence-corrected chi connectivity index (χ1v) is 4.27. The first-order valence-electron chi connectivity index (χ1n) is 4.27. The average molecular weight is 208 g/mol. The van der Waals surface area contributed by atoms with Gasteiger partial charge in [0.05, 0.1) is 26.1 Å². The second-order valence-corrected chi connectivity index (χ2v) is 2.59. The zero-order valence-corrected chi connectivity index (χ0v) is 8.56. The second-order valence-electron chi connectivity index (χ2n) is 2.59. The fraction of sp³-hybridized carbons (Fsp3) is 0.200. The number of aromatic nitrogens is 1. The Morgan fingerprint density at radius 2 is 2.27 bits per heavy atom. The maximum Gasteiger partial charge on any atom is 0.331 e. The van der Waals surface area contributed by atoms with Crippen LogP contribution in [0.3, 0.4) is 0 Å². The number of nitrogens with zero attached hydrogens (tertiary/aromatic N) is 1. The van der Waals surface area contributed by atoms with Gasteiger partial charge < -0.3 is 14.8 Å². The van der Waals surface area contributed by atoms with Gasteiger partial charge in [0.15, 0.2) is 0 Å². The summed E-state index contributed by atoms with van der Waals surface area (Å²) in [6.45, 7) is 0. The molecule has 5 nitrogen and oxygen atoms in total. The number of nitrogens with one attached hydrogen (secondary N) is 1. The number of methoxy groups -OCH3 is 2. The number of carbonyl (C=O) groups is 1. The standard InChI is InChI=1S/C10H12N2O3/c1-14-9-4-3-8(7-12-9)11-6-5-10(13)15-2/h3-7,11H,1-2H3. The van der Waals surface area contributed by atoms with Gasteiger partial charge in [-0.15, -0.1) is 0 Å². The first-order chi connectivity index (χ1) is 7.26. The molecule has 0 aromatic carbocycles. The molecular weight excluding hydrogens is 196 g/mol. The summed E-state index contributed by atoms with van der Waals surface area (Å²) in [6.07, 6.45) is 4.36. The maximum atomic E-state index is 10.7. The minimum Gasteiger partial charge on any atom is -0.481 e. The number of pyridine rings is 1. The molecule has 0 unspecified atom stereocenters. The number of rotatable bonds is 4. The third kappa shape index (κ3) is 3.68.